The number of imide groups is 1. The van der Waals surface area contributed by atoms with E-state index in [2.05, 4.69) is 28.8 Å². The maximum Gasteiger partial charge on any atom is 0.322 e. The Labute approximate surface area is 142 Å². The Hall–Kier alpha value is -1.88. The molecule has 3 atom stereocenters. The van der Waals surface area contributed by atoms with Crippen molar-refractivity contribution in [3.8, 4) is 0 Å². The molecule has 4 rings (SSSR count). The van der Waals surface area contributed by atoms with Gasteiger partial charge in [0.25, 0.3) is 5.91 Å². The van der Waals surface area contributed by atoms with E-state index in [9.17, 15) is 9.59 Å². The second-order valence-electron chi connectivity index (χ2n) is 7.43. The van der Waals surface area contributed by atoms with E-state index < -0.39 is 5.54 Å². The fourth-order valence-electron chi connectivity index (χ4n) is 4.27. The van der Waals surface area contributed by atoms with E-state index in [0.717, 1.165) is 24.8 Å². The van der Waals surface area contributed by atoms with Crippen LogP contribution in [0.25, 0.3) is 0 Å². The predicted molar refractivity (Wildman–Crippen MR) is 89.7 cm³/mol. The van der Waals surface area contributed by atoms with Crippen LogP contribution in [0.1, 0.15) is 55.2 Å². The van der Waals surface area contributed by atoms with Gasteiger partial charge in [0.2, 0.25) is 0 Å². The van der Waals surface area contributed by atoms with Crippen molar-refractivity contribution in [2.24, 2.45) is 5.92 Å². The van der Waals surface area contributed by atoms with Gasteiger partial charge in [0.15, 0.2) is 0 Å². The van der Waals surface area contributed by atoms with Crippen LogP contribution >= 0.6 is 0 Å². The normalized spacial score (nSPS) is 29.5. The molecule has 3 amide bonds. The van der Waals surface area contributed by atoms with Gasteiger partial charge in [0.05, 0.1) is 6.10 Å². The van der Waals surface area contributed by atoms with Gasteiger partial charge in [0.1, 0.15) is 5.54 Å². The van der Waals surface area contributed by atoms with Crippen LogP contribution in [0.5, 0.6) is 0 Å². The molecule has 3 unspecified atom stereocenters. The molecule has 1 heterocycles. The number of carbonyl (C=O) groups excluding carboxylic acids is 2. The molecule has 2 N–H and O–H groups in total. The highest BCUT2D eigenvalue weighted by molar-refractivity contribution is 6.08. The summed E-state index contributed by atoms with van der Waals surface area (Å²) in [6.07, 6.45) is 5.13. The molecule has 3 aliphatic rings. The Bertz CT molecular complexity index is 698. The van der Waals surface area contributed by atoms with Crippen LogP contribution in [-0.2, 0) is 21.5 Å². The summed E-state index contributed by atoms with van der Waals surface area (Å²) in [5, 5.41) is 5.44. The highest BCUT2D eigenvalue weighted by Crippen LogP contribution is 2.48. The summed E-state index contributed by atoms with van der Waals surface area (Å²) in [4.78, 5) is 24.7. The number of rotatable bonds is 5. The quantitative estimate of drug-likeness (QED) is 0.817. The number of urea groups is 1. The summed E-state index contributed by atoms with van der Waals surface area (Å²) in [6.45, 7) is 2.03. The zero-order valence-electron chi connectivity index (χ0n) is 14.2. The number of ether oxygens (including phenoxy) is 1. The summed E-state index contributed by atoms with van der Waals surface area (Å²) in [5.41, 5.74) is 2.59. The van der Waals surface area contributed by atoms with Gasteiger partial charge < -0.3 is 10.1 Å². The molecule has 1 aliphatic heterocycles. The van der Waals surface area contributed by atoms with E-state index in [-0.39, 0.29) is 24.0 Å². The monoisotopic (exact) mass is 328 g/mol. The second kappa shape index (κ2) is 5.59. The minimum Gasteiger partial charge on any atom is -0.382 e. The molecule has 1 saturated carbocycles. The van der Waals surface area contributed by atoms with Crippen molar-refractivity contribution in [2.75, 3.05) is 7.11 Å². The number of amides is 3. The molecule has 0 radical (unpaired) electrons. The Kier molecular flexibility index (Phi) is 3.64. The fourth-order valence-corrected chi connectivity index (χ4v) is 4.27. The third-order valence-corrected chi connectivity index (χ3v) is 5.91. The lowest BCUT2D eigenvalue weighted by atomic mass is 9.80. The Morgan fingerprint density at radius 1 is 1.33 bits per heavy atom. The van der Waals surface area contributed by atoms with Gasteiger partial charge >= 0.3 is 6.03 Å². The fraction of sp³-hybridized carbons (Fsp3) is 0.579. The van der Waals surface area contributed by atoms with Crippen molar-refractivity contribution < 1.29 is 14.3 Å². The minimum absolute atomic E-state index is 0.0750. The molecule has 2 aliphatic carbocycles. The van der Waals surface area contributed by atoms with E-state index in [1.165, 1.54) is 24.0 Å². The summed E-state index contributed by atoms with van der Waals surface area (Å²) >= 11 is 0. The number of methoxy groups -OCH3 is 1. The SMILES string of the molecule is COC(C)CCC1Cc2ccc(C3CC3)cc2C12NC(=O)NC2=O. The van der Waals surface area contributed by atoms with Gasteiger partial charge in [-0.1, -0.05) is 18.2 Å². The number of carbonyl (C=O) groups is 2. The molecule has 128 valence electrons. The highest BCUT2D eigenvalue weighted by atomic mass is 16.5. The summed E-state index contributed by atoms with van der Waals surface area (Å²) in [7, 11) is 1.70. The lowest BCUT2D eigenvalue weighted by molar-refractivity contribution is -0.126. The summed E-state index contributed by atoms with van der Waals surface area (Å²) in [5.74, 6) is 0.500. The molecule has 24 heavy (non-hydrogen) atoms. The maximum absolute atomic E-state index is 12.8. The van der Waals surface area contributed by atoms with Crippen molar-refractivity contribution in [3.05, 3.63) is 34.9 Å². The van der Waals surface area contributed by atoms with Gasteiger partial charge in [-0.05, 0) is 67.6 Å². The van der Waals surface area contributed by atoms with Crippen LogP contribution in [0.2, 0.25) is 0 Å². The van der Waals surface area contributed by atoms with Crippen LogP contribution in [0, 0.1) is 5.92 Å². The van der Waals surface area contributed by atoms with Crippen LogP contribution in [-0.4, -0.2) is 25.2 Å². The number of hydrogen-bond acceptors (Lipinski definition) is 3. The van der Waals surface area contributed by atoms with Crippen molar-refractivity contribution in [3.63, 3.8) is 0 Å². The first-order valence-corrected chi connectivity index (χ1v) is 8.84. The smallest absolute Gasteiger partial charge is 0.322 e. The average Bonchev–Trinajstić information content (AvgIpc) is 3.31. The summed E-state index contributed by atoms with van der Waals surface area (Å²) in [6, 6.07) is 6.13. The number of benzene rings is 1. The number of fused-ring (bicyclic) bond motifs is 2. The molecule has 5 heteroatoms. The molecule has 2 fully saturated rings. The Morgan fingerprint density at radius 3 is 2.75 bits per heavy atom. The lowest BCUT2D eigenvalue weighted by Crippen LogP contribution is -2.48. The Morgan fingerprint density at radius 2 is 2.12 bits per heavy atom. The van der Waals surface area contributed by atoms with Crippen molar-refractivity contribution in [1.82, 2.24) is 10.6 Å². The van der Waals surface area contributed by atoms with Gasteiger partial charge in [0, 0.05) is 7.11 Å². The first kappa shape index (κ1) is 15.6. The first-order valence-electron chi connectivity index (χ1n) is 8.84. The number of nitrogens with one attached hydrogen (secondary N) is 2. The molecule has 1 spiro atoms. The molecule has 1 aromatic carbocycles. The molecular weight excluding hydrogens is 304 g/mol. The predicted octanol–water partition coefficient (Wildman–Crippen LogP) is 2.59. The second-order valence-corrected chi connectivity index (χ2v) is 7.43. The zero-order valence-corrected chi connectivity index (χ0v) is 14.2. The van der Waals surface area contributed by atoms with Crippen molar-refractivity contribution in [2.45, 2.75) is 56.6 Å². The topological polar surface area (TPSA) is 67.4 Å². The molecule has 5 nitrogen and oxygen atoms in total. The third-order valence-electron chi connectivity index (χ3n) is 5.91. The van der Waals surface area contributed by atoms with Gasteiger partial charge in [-0.25, -0.2) is 4.79 Å². The highest BCUT2D eigenvalue weighted by Gasteiger charge is 2.57. The molecule has 0 aromatic heterocycles. The minimum atomic E-state index is -0.898. The van der Waals surface area contributed by atoms with E-state index in [1.807, 2.05) is 6.92 Å². The standard InChI is InChI=1S/C19H24N2O3/c1-11(24-2)3-8-15-9-14-7-6-13(12-4-5-12)10-16(14)19(15)17(22)20-18(23)21-19/h6-7,10-12,15H,3-5,8-9H2,1-2H3,(H2,20,21,22,23). The van der Waals surface area contributed by atoms with Crippen molar-refractivity contribution in [1.29, 1.82) is 0 Å². The number of hydrogen-bond donors (Lipinski definition) is 2. The lowest BCUT2D eigenvalue weighted by Gasteiger charge is -2.30. The largest absolute Gasteiger partial charge is 0.382 e. The molecular formula is C19H24N2O3. The molecule has 1 aromatic rings. The van der Waals surface area contributed by atoms with Crippen LogP contribution < -0.4 is 10.6 Å². The zero-order chi connectivity index (χ0) is 16.9. The van der Waals surface area contributed by atoms with E-state index >= 15 is 0 Å². The van der Waals surface area contributed by atoms with Gasteiger partial charge in [-0.2, -0.15) is 0 Å². The summed E-state index contributed by atoms with van der Waals surface area (Å²) < 4.78 is 5.36. The van der Waals surface area contributed by atoms with Crippen LogP contribution in [0.4, 0.5) is 4.79 Å². The molecule has 0 bridgehead atoms. The maximum atomic E-state index is 12.8. The first-order chi connectivity index (χ1) is 11.5. The van der Waals surface area contributed by atoms with E-state index in [1.54, 1.807) is 7.11 Å². The Balaban J connectivity index is 1.71. The van der Waals surface area contributed by atoms with E-state index in [0.29, 0.717) is 5.92 Å². The van der Waals surface area contributed by atoms with Gasteiger partial charge in [-0.15, -0.1) is 0 Å². The van der Waals surface area contributed by atoms with Gasteiger partial charge in [-0.3, -0.25) is 10.1 Å². The van der Waals surface area contributed by atoms with Crippen molar-refractivity contribution >= 4 is 11.9 Å². The molecule has 1 saturated heterocycles. The third kappa shape index (κ3) is 2.34. The van der Waals surface area contributed by atoms with E-state index in [4.69, 9.17) is 4.74 Å². The van der Waals surface area contributed by atoms with Crippen LogP contribution in [0.3, 0.4) is 0 Å². The van der Waals surface area contributed by atoms with Crippen LogP contribution in [0.15, 0.2) is 18.2 Å². The average molecular weight is 328 g/mol.